The highest BCUT2D eigenvalue weighted by molar-refractivity contribution is 6.30. The molecule has 2 aromatic heterocycles. The first-order valence-electron chi connectivity index (χ1n) is 9.75. The Morgan fingerprint density at radius 1 is 1.07 bits per heavy atom. The Labute approximate surface area is 179 Å². The van der Waals surface area contributed by atoms with Gasteiger partial charge in [-0.3, -0.25) is 4.79 Å². The van der Waals surface area contributed by atoms with Crippen LogP contribution in [0.15, 0.2) is 48.5 Å². The second-order valence-corrected chi connectivity index (χ2v) is 8.00. The monoisotopic (exact) mass is 419 g/mol. The van der Waals surface area contributed by atoms with Crippen molar-refractivity contribution in [3.8, 4) is 11.1 Å². The molecule has 1 N–H and O–H groups in total. The molecule has 2 aromatic carbocycles. The van der Waals surface area contributed by atoms with Crippen molar-refractivity contribution in [3.63, 3.8) is 0 Å². The molecule has 0 bridgehead atoms. The van der Waals surface area contributed by atoms with Crippen molar-refractivity contribution >= 4 is 28.8 Å². The van der Waals surface area contributed by atoms with Gasteiger partial charge in [-0.1, -0.05) is 55.8 Å². The maximum atomic E-state index is 12.9. The molecule has 0 saturated carbocycles. The predicted molar refractivity (Wildman–Crippen MR) is 119 cm³/mol. The standard InChI is InChI=1S/C23H22ClN5O/c1-13(2)20-19(16-9-7-10-17(24)12-16)22-27-26-21(15(4)29(22)28-20)23(30)25-18-11-6-5-8-14(18)3/h5-13H,1-4H3,(H,25,30). The average molecular weight is 420 g/mol. The molecule has 0 aliphatic heterocycles. The van der Waals surface area contributed by atoms with E-state index in [1.165, 1.54) is 0 Å². The molecule has 152 valence electrons. The lowest BCUT2D eigenvalue weighted by atomic mass is 9.99. The number of aryl methyl sites for hydroxylation is 2. The van der Waals surface area contributed by atoms with E-state index in [1.807, 2.05) is 62.4 Å². The summed E-state index contributed by atoms with van der Waals surface area (Å²) in [4.78, 5) is 12.9. The fourth-order valence-corrected chi connectivity index (χ4v) is 3.64. The zero-order chi connectivity index (χ0) is 21.4. The van der Waals surface area contributed by atoms with Crippen molar-refractivity contribution in [2.45, 2.75) is 33.6 Å². The van der Waals surface area contributed by atoms with E-state index >= 15 is 0 Å². The van der Waals surface area contributed by atoms with Gasteiger partial charge < -0.3 is 5.32 Å². The fourth-order valence-electron chi connectivity index (χ4n) is 3.45. The van der Waals surface area contributed by atoms with Crippen molar-refractivity contribution in [3.05, 3.63) is 76.2 Å². The maximum absolute atomic E-state index is 12.9. The second-order valence-electron chi connectivity index (χ2n) is 7.56. The molecule has 30 heavy (non-hydrogen) atoms. The summed E-state index contributed by atoms with van der Waals surface area (Å²) in [6, 6.07) is 15.2. The van der Waals surface area contributed by atoms with Gasteiger partial charge in [-0.15, -0.1) is 10.2 Å². The molecule has 0 saturated heterocycles. The Bertz CT molecular complexity index is 1260. The first-order valence-corrected chi connectivity index (χ1v) is 10.1. The highest BCUT2D eigenvalue weighted by Gasteiger charge is 2.23. The summed E-state index contributed by atoms with van der Waals surface area (Å²) >= 11 is 6.22. The number of halogens is 1. The number of benzene rings is 2. The van der Waals surface area contributed by atoms with Crippen LogP contribution in [0.4, 0.5) is 5.69 Å². The number of carbonyl (C=O) groups excluding carboxylic acids is 1. The molecule has 0 fully saturated rings. The van der Waals surface area contributed by atoms with E-state index in [0.29, 0.717) is 16.4 Å². The molecule has 4 aromatic rings. The van der Waals surface area contributed by atoms with Crippen LogP contribution in [0.5, 0.6) is 0 Å². The summed E-state index contributed by atoms with van der Waals surface area (Å²) < 4.78 is 1.70. The third kappa shape index (κ3) is 3.55. The van der Waals surface area contributed by atoms with Crippen LogP contribution in [0, 0.1) is 13.8 Å². The Morgan fingerprint density at radius 3 is 2.53 bits per heavy atom. The van der Waals surface area contributed by atoms with E-state index in [-0.39, 0.29) is 17.5 Å². The lowest BCUT2D eigenvalue weighted by Gasteiger charge is -2.09. The zero-order valence-electron chi connectivity index (χ0n) is 17.3. The Kier molecular flexibility index (Phi) is 5.26. The quantitative estimate of drug-likeness (QED) is 0.478. The number of hydrogen-bond acceptors (Lipinski definition) is 4. The number of nitrogens with zero attached hydrogens (tertiary/aromatic N) is 4. The molecule has 6 nitrogen and oxygen atoms in total. The summed E-state index contributed by atoms with van der Waals surface area (Å²) in [5, 5.41) is 17.0. The van der Waals surface area contributed by atoms with Crippen LogP contribution in [0.2, 0.25) is 5.02 Å². The number of amides is 1. The van der Waals surface area contributed by atoms with Crippen LogP contribution in [-0.2, 0) is 0 Å². The minimum absolute atomic E-state index is 0.157. The molecule has 0 aliphatic rings. The van der Waals surface area contributed by atoms with Crippen molar-refractivity contribution in [1.82, 2.24) is 19.8 Å². The van der Waals surface area contributed by atoms with E-state index < -0.39 is 0 Å². The molecule has 0 radical (unpaired) electrons. The van der Waals surface area contributed by atoms with Crippen LogP contribution >= 0.6 is 11.6 Å². The number of aromatic nitrogens is 4. The van der Waals surface area contributed by atoms with Gasteiger partial charge in [0.25, 0.3) is 5.91 Å². The summed E-state index contributed by atoms with van der Waals surface area (Å²) in [6.07, 6.45) is 0. The number of carbonyl (C=O) groups is 1. The minimum Gasteiger partial charge on any atom is -0.320 e. The van der Waals surface area contributed by atoms with Crippen LogP contribution in [0.1, 0.15) is 47.2 Å². The van der Waals surface area contributed by atoms with Gasteiger partial charge in [0.1, 0.15) is 0 Å². The molecule has 2 heterocycles. The van der Waals surface area contributed by atoms with Crippen LogP contribution in [-0.4, -0.2) is 25.7 Å². The fraction of sp³-hybridized carbons (Fsp3) is 0.217. The number of para-hydroxylation sites is 1. The number of fused-ring (bicyclic) bond motifs is 1. The smallest absolute Gasteiger partial charge is 0.278 e. The SMILES string of the molecule is Cc1ccccc1NC(=O)c1nnc2c(-c3cccc(Cl)c3)c(C(C)C)nn2c1C. The van der Waals surface area contributed by atoms with Crippen molar-refractivity contribution < 1.29 is 4.79 Å². The molecular weight excluding hydrogens is 398 g/mol. The van der Waals surface area contributed by atoms with Gasteiger partial charge in [0.2, 0.25) is 0 Å². The lowest BCUT2D eigenvalue weighted by Crippen LogP contribution is -2.19. The third-order valence-corrected chi connectivity index (χ3v) is 5.30. The zero-order valence-corrected chi connectivity index (χ0v) is 18.0. The Hall–Kier alpha value is -3.25. The molecule has 7 heteroatoms. The summed E-state index contributed by atoms with van der Waals surface area (Å²) in [5.41, 5.74) is 5.87. The van der Waals surface area contributed by atoms with Crippen molar-refractivity contribution in [2.24, 2.45) is 0 Å². The average Bonchev–Trinajstić information content (AvgIpc) is 3.11. The van der Waals surface area contributed by atoms with Gasteiger partial charge in [0, 0.05) is 10.7 Å². The highest BCUT2D eigenvalue weighted by Crippen LogP contribution is 2.33. The number of hydrogen-bond donors (Lipinski definition) is 1. The molecule has 0 spiro atoms. The van der Waals surface area contributed by atoms with Gasteiger partial charge in [-0.2, -0.15) is 5.10 Å². The maximum Gasteiger partial charge on any atom is 0.278 e. The predicted octanol–water partition coefficient (Wildman–Crippen LogP) is 5.44. The minimum atomic E-state index is -0.317. The molecule has 1 amide bonds. The first-order chi connectivity index (χ1) is 14.4. The number of anilines is 1. The topological polar surface area (TPSA) is 72.2 Å². The van der Waals surface area contributed by atoms with Crippen molar-refractivity contribution in [1.29, 1.82) is 0 Å². The largest absolute Gasteiger partial charge is 0.320 e. The normalized spacial score (nSPS) is 11.3. The van der Waals surface area contributed by atoms with E-state index in [1.54, 1.807) is 4.52 Å². The first kappa shape index (κ1) is 20.0. The van der Waals surface area contributed by atoms with Gasteiger partial charge in [-0.05, 0) is 49.1 Å². The number of nitrogens with one attached hydrogen (secondary N) is 1. The molecule has 0 aliphatic carbocycles. The molecule has 0 atom stereocenters. The summed E-state index contributed by atoms with van der Waals surface area (Å²) in [5.74, 6) is -0.161. The van der Waals surface area contributed by atoms with Crippen molar-refractivity contribution in [2.75, 3.05) is 5.32 Å². The summed E-state index contributed by atoms with van der Waals surface area (Å²) in [6.45, 7) is 7.92. The van der Waals surface area contributed by atoms with Gasteiger partial charge in [0.15, 0.2) is 11.3 Å². The van der Waals surface area contributed by atoms with E-state index in [2.05, 4.69) is 29.4 Å². The molecule has 0 unspecified atom stereocenters. The van der Waals surface area contributed by atoms with Crippen LogP contribution in [0.3, 0.4) is 0 Å². The second kappa shape index (κ2) is 7.88. The van der Waals surface area contributed by atoms with Crippen LogP contribution < -0.4 is 5.32 Å². The van der Waals surface area contributed by atoms with E-state index in [4.69, 9.17) is 16.7 Å². The van der Waals surface area contributed by atoms with E-state index in [0.717, 1.165) is 28.1 Å². The van der Waals surface area contributed by atoms with Gasteiger partial charge >= 0.3 is 0 Å². The lowest BCUT2D eigenvalue weighted by molar-refractivity contribution is 0.102. The molecular formula is C23H22ClN5O. The Morgan fingerprint density at radius 2 is 1.83 bits per heavy atom. The molecule has 4 rings (SSSR count). The van der Waals surface area contributed by atoms with Gasteiger partial charge in [0.05, 0.1) is 17.0 Å². The third-order valence-electron chi connectivity index (χ3n) is 5.06. The van der Waals surface area contributed by atoms with Crippen LogP contribution in [0.25, 0.3) is 16.8 Å². The van der Waals surface area contributed by atoms with Gasteiger partial charge in [-0.25, -0.2) is 4.52 Å². The van der Waals surface area contributed by atoms with E-state index in [9.17, 15) is 4.79 Å². The highest BCUT2D eigenvalue weighted by atomic mass is 35.5. The summed E-state index contributed by atoms with van der Waals surface area (Å²) in [7, 11) is 0. The Balaban J connectivity index is 1.83. The number of rotatable bonds is 4.